The van der Waals surface area contributed by atoms with Crippen LogP contribution in [0.3, 0.4) is 0 Å². The summed E-state index contributed by atoms with van der Waals surface area (Å²) in [5.41, 5.74) is 0.680. The molecular weight excluding hydrogens is 478 g/mol. The van der Waals surface area contributed by atoms with Gasteiger partial charge in [0.25, 0.3) is 0 Å². The quantitative estimate of drug-likeness (QED) is 0.343. The summed E-state index contributed by atoms with van der Waals surface area (Å²) in [6.07, 6.45) is 2.00. The first kappa shape index (κ1) is 30.1. The Morgan fingerprint density at radius 1 is 1.03 bits per heavy atom. The third-order valence-corrected chi connectivity index (χ3v) is 5.78. The average Bonchev–Trinajstić information content (AvgIpc) is 3.32. The summed E-state index contributed by atoms with van der Waals surface area (Å²) in [6, 6.07) is 3.76. The molecular formula is C27H43N3O7. The molecule has 0 fully saturated rings. The van der Waals surface area contributed by atoms with Crippen molar-refractivity contribution in [3.8, 4) is 11.5 Å². The second-order valence-corrected chi connectivity index (χ2v) is 10.2. The Kier molecular flexibility index (Phi) is 12.3. The molecule has 1 aliphatic rings. The topological polar surface area (TPSA) is 115 Å². The number of rotatable bonds is 14. The van der Waals surface area contributed by atoms with Gasteiger partial charge < -0.3 is 34.5 Å². The van der Waals surface area contributed by atoms with Gasteiger partial charge in [0.2, 0.25) is 6.79 Å². The van der Waals surface area contributed by atoms with Gasteiger partial charge in [0, 0.05) is 13.1 Å². The predicted octanol–water partition coefficient (Wildman–Crippen LogP) is 4.63. The first-order valence-corrected chi connectivity index (χ1v) is 13.1. The van der Waals surface area contributed by atoms with Gasteiger partial charge in [0.15, 0.2) is 11.5 Å². The maximum Gasteiger partial charge on any atom is 0.409 e. The second kappa shape index (κ2) is 15.2. The Balaban J connectivity index is 2.05. The SMILES string of the molecule is CCCCC(COC(=O)N(CC(C)C)CC(C)C)NC(=O)NC(CC(=O)OC)c1ccc2c(c1)OCO2. The van der Waals surface area contributed by atoms with E-state index in [-0.39, 0.29) is 32.0 Å². The zero-order chi connectivity index (χ0) is 27.4. The average molecular weight is 522 g/mol. The molecule has 2 atom stereocenters. The third kappa shape index (κ3) is 10.4. The zero-order valence-electron chi connectivity index (χ0n) is 23.0. The fraction of sp³-hybridized carbons (Fsp3) is 0.667. The molecule has 0 saturated heterocycles. The van der Waals surface area contributed by atoms with Crippen molar-refractivity contribution in [3.63, 3.8) is 0 Å². The van der Waals surface area contributed by atoms with Gasteiger partial charge in [-0.2, -0.15) is 0 Å². The van der Waals surface area contributed by atoms with Crippen LogP contribution in [0.15, 0.2) is 18.2 Å². The summed E-state index contributed by atoms with van der Waals surface area (Å²) >= 11 is 0. The molecule has 3 amide bonds. The van der Waals surface area contributed by atoms with E-state index in [1.54, 1.807) is 23.1 Å². The van der Waals surface area contributed by atoms with Crippen molar-refractivity contribution in [1.82, 2.24) is 15.5 Å². The molecule has 208 valence electrons. The number of esters is 1. The summed E-state index contributed by atoms with van der Waals surface area (Å²) < 4.78 is 21.2. The number of hydrogen-bond acceptors (Lipinski definition) is 7. The molecule has 1 aromatic carbocycles. The van der Waals surface area contributed by atoms with Gasteiger partial charge in [-0.1, -0.05) is 53.5 Å². The number of hydrogen-bond donors (Lipinski definition) is 2. The van der Waals surface area contributed by atoms with E-state index in [1.807, 2.05) is 0 Å². The number of ether oxygens (including phenoxy) is 4. The first-order chi connectivity index (χ1) is 17.6. The number of nitrogens with one attached hydrogen (secondary N) is 2. The molecule has 2 N–H and O–H groups in total. The molecule has 2 rings (SSSR count). The van der Waals surface area contributed by atoms with E-state index < -0.39 is 18.0 Å². The van der Waals surface area contributed by atoms with Crippen LogP contribution in [-0.2, 0) is 14.3 Å². The van der Waals surface area contributed by atoms with Crippen LogP contribution in [0.25, 0.3) is 0 Å². The van der Waals surface area contributed by atoms with Gasteiger partial charge in [-0.3, -0.25) is 4.79 Å². The standard InChI is InChI=1S/C27H43N3O7/c1-7-8-9-21(16-35-27(33)30(14-18(2)3)15-19(4)5)28-26(32)29-22(13-25(31)34-6)20-10-11-23-24(12-20)37-17-36-23/h10-12,18-19,21-22H,7-9,13-17H2,1-6H3,(H2,28,29,32). The van der Waals surface area contributed by atoms with Crippen molar-refractivity contribution in [2.45, 2.75) is 72.4 Å². The fourth-order valence-corrected chi connectivity index (χ4v) is 4.03. The maximum absolute atomic E-state index is 13.0. The van der Waals surface area contributed by atoms with E-state index in [0.29, 0.717) is 48.4 Å². The lowest BCUT2D eigenvalue weighted by Gasteiger charge is -2.27. The smallest absolute Gasteiger partial charge is 0.409 e. The highest BCUT2D eigenvalue weighted by Gasteiger charge is 2.25. The Labute approximate surface area is 220 Å². The molecule has 1 aromatic rings. The fourth-order valence-electron chi connectivity index (χ4n) is 4.03. The van der Waals surface area contributed by atoms with Gasteiger partial charge >= 0.3 is 18.1 Å². The molecule has 0 radical (unpaired) electrons. The second-order valence-electron chi connectivity index (χ2n) is 10.2. The molecule has 1 heterocycles. The van der Waals surface area contributed by atoms with Crippen molar-refractivity contribution < 1.29 is 33.3 Å². The van der Waals surface area contributed by atoms with Crippen molar-refractivity contribution in [3.05, 3.63) is 23.8 Å². The van der Waals surface area contributed by atoms with E-state index in [0.717, 1.165) is 12.8 Å². The highest BCUT2D eigenvalue weighted by atomic mass is 16.7. The summed E-state index contributed by atoms with van der Waals surface area (Å²) in [7, 11) is 1.30. The molecule has 2 unspecified atom stereocenters. The molecule has 0 saturated carbocycles. The minimum absolute atomic E-state index is 0.0580. The van der Waals surface area contributed by atoms with Gasteiger partial charge in [-0.05, 0) is 36.0 Å². The summed E-state index contributed by atoms with van der Waals surface area (Å²) in [4.78, 5) is 39.6. The van der Waals surface area contributed by atoms with Crippen LogP contribution in [0.1, 0.15) is 71.9 Å². The summed E-state index contributed by atoms with van der Waals surface area (Å²) in [5, 5.41) is 5.78. The normalized spacial score (nSPS) is 13.7. The molecule has 0 bridgehead atoms. The minimum atomic E-state index is -0.649. The Morgan fingerprint density at radius 2 is 1.70 bits per heavy atom. The van der Waals surface area contributed by atoms with Crippen molar-refractivity contribution in [2.75, 3.05) is 33.6 Å². The molecule has 37 heavy (non-hydrogen) atoms. The number of nitrogens with zero attached hydrogens (tertiary/aromatic N) is 1. The monoisotopic (exact) mass is 521 g/mol. The van der Waals surface area contributed by atoms with Crippen LogP contribution in [0.5, 0.6) is 11.5 Å². The highest BCUT2D eigenvalue weighted by Crippen LogP contribution is 2.34. The van der Waals surface area contributed by atoms with Gasteiger partial charge in [0.1, 0.15) is 6.61 Å². The van der Waals surface area contributed by atoms with Crippen molar-refractivity contribution in [2.24, 2.45) is 11.8 Å². The Hall–Kier alpha value is -3.17. The maximum atomic E-state index is 13.0. The Morgan fingerprint density at radius 3 is 2.32 bits per heavy atom. The number of amides is 3. The number of carbonyl (C=O) groups is 3. The van der Waals surface area contributed by atoms with E-state index >= 15 is 0 Å². The number of benzene rings is 1. The molecule has 0 spiro atoms. The number of unbranched alkanes of at least 4 members (excludes halogenated alkanes) is 1. The van der Waals surface area contributed by atoms with Gasteiger partial charge in [-0.15, -0.1) is 0 Å². The lowest BCUT2D eigenvalue weighted by molar-refractivity contribution is -0.141. The number of carbonyl (C=O) groups excluding carboxylic acids is 3. The predicted molar refractivity (Wildman–Crippen MR) is 140 cm³/mol. The third-order valence-electron chi connectivity index (χ3n) is 5.78. The first-order valence-electron chi connectivity index (χ1n) is 13.1. The van der Waals surface area contributed by atoms with E-state index in [2.05, 4.69) is 45.3 Å². The van der Waals surface area contributed by atoms with Crippen molar-refractivity contribution >= 4 is 18.1 Å². The lowest BCUT2D eigenvalue weighted by Crippen LogP contribution is -2.47. The van der Waals surface area contributed by atoms with Crippen molar-refractivity contribution in [1.29, 1.82) is 0 Å². The van der Waals surface area contributed by atoms with Gasteiger partial charge in [0.05, 0.1) is 25.6 Å². The molecule has 1 aliphatic heterocycles. The highest BCUT2D eigenvalue weighted by molar-refractivity contribution is 5.77. The van der Waals surface area contributed by atoms with Crippen LogP contribution in [0.4, 0.5) is 9.59 Å². The molecule has 0 aromatic heterocycles. The molecule has 0 aliphatic carbocycles. The van der Waals surface area contributed by atoms with Crippen LogP contribution in [0.2, 0.25) is 0 Å². The van der Waals surface area contributed by atoms with E-state index in [9.17, 15) is 14.4 Å². The van der Waals surface area contributed by atoms with Crippen LogP contribution in [0, 0.1) is 11.8 Å². The Bertz CT molecular complexity index is 881. The molecule has 10 heteroatoms. The summed E-state index contributed by atoms with van der Waals surface area (Å²) in [5.74, 6) is 1.32. The minimum Gasteiger partial charge on any atom is -0.469 e. The van der Waals surface area contributed by atoms with Gasteiger partial charge in [-0.25, -0.2) is 9.59 Å². The molecule has 10 nitrogen and oxygen atoms in total. The lowest BCUT2D eigenvalue weighted by atomic mass is 10.0. The zero-order valence-corrected chi connectivity index (χ0v) is 23.0. The van der Waals surface area contributed by atoms with E-state index in [4.69, 9.17) is 18.9 Å². The summed E-state index contributed by atoms with van der Waals surface area (Å²) in [6.45, 7) is 11.7. The number of methoxy groups -OCH3 is 1. The largest absolute Gasteiger partial charge is 0.469 e. The van der Waals surface area contributed by atoms with Crippen LogP contribution in [-0.4, -0.2) is 62.6 Å². The number of urea groups is 1. The van der Waals surface area contributed by atoms with Crippen LogP contribution < -0.4 is 20.1 Å². The van der Waals surface area contributed by atoms with E-state index in [1.165, 1.54) is 7.11 Å². The van der Waals surface area contributed by atoms with Crippen LogP contribution >= 0.6 is 0 Å². The number of fused-ring (bicyclic) bond motifs is 1.